The van der Waals surface area contributed by atoms with Crippen LogP contribution in [0.5, 0.6) is 0 Å². The van der Waals surface area contributed by atoms with Crippen molar-refractivity contribution in [2.24, 2.45) is 5.41 Å². The summed E-state index contributed by atoms with van der Waals surface area (Å²) < 4.78 is 0. The van der Waals surface area contributed by atoms with E-state index < -0.39 is 5.41 Å². The van der Waals surface area contributed by atoms with Gasteiger partial charge >= 0.3 is 6.03 Å². The molecule has 0 atom stereocenters. The van der Waals surface area contributed by atoms with E-state index in [1.54, 1.807) is 0 Å². The van der Waals surface area contributed by atoms with Crippen LogP contribution in [0, 0.1) is 12.3 Å². The molecule has 2 rings (SSSR count). The first-order valence-corrected chi connectivity index (χ1v) is 8.83. The molecule has 1 aliphatic heterocycles. The van der Waals surface area contributed by atoms with Crippen molar-refractivity contribution >= 4 is 23.3 Å². The zero-order valence-electron chi connectivity index (χ0n) is 16.0. The molecule has 6 heteroatoms. The van der Waals surface area contributed by atoms with Crippen molar-refractivity contribution < 1.29 is 9.59 Å². The number of aryl methyl sites for hydroxylation is 1. The van der Waals surface area contributed by atoms with Crippen molar-refractivity contribution in [1.29, 1.82) is 0 Å². The van der Waals surface area contributed by atoms with E-state index in [1.165, 1.54) is 0 Å². The van der Waals surface area contributed by atoms with E-state index in [2.05, 4.69) is 22.6 Å². The van der Waals surface area contributed by atoms with Crippen molar-refractivity contribution in [3.63, 3.8) is 0 Å². The van der Waals surface area contributed by atoms with Gasteiger partial charge in [0.15, 0.2) is 0 Å². The van der Waals surface area contributed by atoms with Crippen LogP contribution in [-0.4, -0.2) is 55.0 Å². The molecule has 1 aromatic carbocycles. The Morgan fingerprint density at radius 1 is 1.04 bits per heavy atom. The fourth-order valence-electron chi connectivity index (χ4n) is 2.60. The van der Waals surface area contributed by atoms with E-state index in [9.17, 15) is 9.59 Å². The van der Waals surface area contributed by atoms with Gasteiger partial charge in [0.05, 0.1) is 0 Å². The molecule has 2 N–H and O–H groups in total. The number of urea groups is 1. The zero-order valence-corrected chi connectivity index (χ0v) is 16.0. The number of anilines is 2. The number of carbonyl (C=O) groups excluding carboxylic acids is 2. The van der Waals surface area contributed by atoms with Gasteiger partial charge in [0.1, 0.15) is 0 Å². The largest absolute Gasteiger partial charge is 0.325 e. The number of benzene rings is 1. The Morgan fingerprint density at radius 2 is 1.76 bits per heavy atom. The van der Waals surface area contributed by atoms with Gasteiger partial charge in [0.25, 0.3) is 0 Å². The van der Waals surface area contributed by atoms with Crippen molar-refractivity contribution in [3.05, 3.63) is 23.8 Å². The van der Waals surface area contributed by atoms with Gasteiger partial charge in [-0.05, 0) is 44.6 Å². The Morgan fingerprint density at radius 3 is 2.44 bits per heavy atom. The van der Waals surface area contributed by atoms with Gasteiger partial charge in [-0.25, -0.2) is 4.79 Å². The third kappa shape index (κ3) is 5.46. The van der Waals surface area contributed by atoms with Gasteiger partial charge in [-0.1, -0.05) is 26.8 Å². The molecule has 0 unspecified atom stereocenters. The Balaban J connectivity index is 2.06. The first kappa shape index (κ1) is 19.2. The summed E-state index contributed by atoms with van der Waals surface area (Å²) >= 11 is 0. The van der Waals surface area contributed by atoms with Gasteiger partial charge in [0.2, 0.25) is 5.91 Å². The summed E-state index contributed by atoms with van der Waals surface area (Å²) in [5, 5.41) is 5.90. The summed E-state index contributed by atoms with van der Waals surface area (Å²) in [7, 11) is 2.07. The van der Waals surface area contributed by atoms with E-state index in [0.29, 0.717) is 5.69 Å². The Labute approximate surface area is 150 Å². The summed E-state index contributed by atoms with van der Waals surface area (Å²) in [4.78, 5) is 28.8. The molecule has 1 saturated heterocycles. The fourth-order valence-corrected chi connectivity index (χ4v) is 2.60. The number of likely N-dealkylation sites (N-methyl/N-ethyl adjacent to an activating group) is 1. The maximum Gasteiger partial charge on any atom is 0.321 e. The molecule has 1 heterocycles. The van der Waals surface area contributed by atoms with Crippen molar-refractivity contribution in [3.8, 4) is 0 Å². The van der Waals surface area contributed by atoms with Gasteiger partial charge in [0, 0.05) is 36.4 Å². The highest BCUT2D eigenvalue weighted by Crippen LogP contribution is 2.23. The molecule has 0 aromatic heterocycles. The molecule has 0 saturated carbocycles. The summed E-state index contributed by atoms with van der Waals surface area (Å²) in [5.74, 6) is -0.0466. The van der Waals surface area contributed by atoms with Crippen LogP contribution < -0.4 is 10.6 Å². The smallest absolute Gasteiger partial charge is 0.321 e. The van der Waals surface area contributed by atoms with Crippen LogP contribution in [0.25, 0.3) is 0 Å². The van der Waals surface area contributed by atoms with Crippen LogP contribution in [0.15, 0.2) is 18.2 Å². The lowest BCUT2D eigenvalue weighted by Crippen LogP contribution is -2.37. The predicted molar refractivity (Wildman–Crippen MR) is 102 cm³/mol. The quantitative estimate of drug-likeness (QED) is 0.864. The molecular formula is C19H30N4O2. The van der Waals surface area contributed by atoms with Crippen LogP contribution in [-0.2, 0) is 4.79 Å². The van der Waals surface area contributed by atoms with E-state index in [-0.39, 0.29) is 11.9 Å². The van der Waals surface area contributed by atoms with Crippen molar-refractivity contribution in [1.82, 2.24) is 9.80 Å². The molecule has 1 fully saturated rings. The normalized spacial score (nSPS) is 16.3. The number of rotatable bonds is 2. The lowest BCUT2D eigenvalue weighted by atomic mass is 9.95. The SMILES string of the molecule is Cc1ccc(NC(=O)N2CCCN(C)CC2)cc1NC(=O)C(C)(C)C. The molecule has 3 amide bonds. The summed E-state index contributed by atoms with van der Waals surface area (Å²) in [6.45, 7) is 10.9. The summed E-state index contributed by atoms with van der Waals surface area (Å²) in [5.41, 5.74) is 1.92. The lowest BCUT2D eigenvalue weighted by molar-refractivity contribution is -0.123. The topological polar surface area (TPSA) is 64.7 Å². The number of hydrogen-bond acceptors (Lipinski definition) is 3. The van der Waals surface area contributed by atoms with Crippen LogP contribution in [0.2, 0.25) is 0 Å². The first-order valence-electron chi connectivity index (χ1n) is 8.83. The lowest BCUT2D eigenvalue weighted by Gasteiger charge is -2.22. The minimum atomic E-state index is -0.468. The number of amides is 3. The van der Waals surface area contributed by atoms with Crippen LogP contribution in [0.4, 0.5) is 16.2 Å². The Bertz CT molecular complexity index is 637. The van der Waals surface area contributed by atoms with Crippen LogP contribution in [0.3, 0.4) is 0 Å². The Hall–Kier alpha value is -2.08. The molecule has 0 bridgehead atoms. The second-order valence-electron chi connectivity index (χ2n) is 7.81. The fraction of sp³-hybridized carbons (Fsp3) is 0.579. The van der Waals surface area contributed by atoms with E-state index in [1.807, 2.05) is 50.8 Å². The molecule has 1 aliphatic rings. The molecule has 0 spiro atoms. The molecule has 0 aliphatic carbocycles. The van der Waals surface area contributed by atoms with E-state index >= 15 is 0 Å². The van der Waals surface area contributed by atoms with Gasteiger partial charge in [-0.15, -0.1) is 0 Å². The highest BCUT2D eigenvalue weighted by atomic mass is 16.2. The number of hydrogen-bond donors (Lipinski definition) is 2. The predicted octanol–water partition coefficient (Wildman–Crippen LogP) is 3.15. The average Bonchev–Trinajstić information content (AvgIpc) is 2.74. The highest BCUT2D eigenvalue weighted by Gasteiger charge is 2.22. The number of nitrogens with zero attached hydrogens (tertiary/aromatic N) is 2. The minimum absolute atomic E-state index is 0.0466. The van der Waals surface area contributed by atoms with Crippen molar-refractivity contribution in [2.75, 3.05) is 43.9 Å². The van der Waals surface area contributed by atoms with Gasteiger partial charge in [-0.2, -0.15) is 0 Å². The molecule has 1 aromatic rings. The molecule has 25 heavy (non-hydrogen) atoms. The maximum atomic E-state index is 12.5. The molecule has 6 nitrogen and oxygen atoms in total. The van der Waals surface area contributed by atoms with Gasteiger partial charge in [-0.3, -0.25) is 4.79 Å². The zero-order chi connectivity index (χ0) is 18.6. The van der Waals surface area contributed by atoms with Crippen LogP contribution in [0.1, 0.15) is 32.8 Å². The monoisotopic (exact) mass is 346 g/mol. The van der Waals surface area contributed by atoms with Crippen molar-refractivity contribution in [2.45, 2.75) is 34.1 Å². The summed E-state index contributed by atoms with van der Waals surface area (Å²) in [6.07, 6.45) is 0.977. The third-order valence-corrected chi connectivity index (χ3v) is 4.42. The van der Waals surface area contributed by atoms with Crippen LogP contribution >= 0.6 is 0 Å². The number of nitrogens with one attached hydrogen (secondary N) is 2. The average molecular weight is 346 g/mol. The van der Waals surface area contributed by atoms with E-state index in [4.69, 9.17) is 0 Å². The minimum Gasteiger partial charge on any atom is -0.325 e. The maximum absolute atomic E-state index is 12.5. The highest BCUT2D eigenvalue weighted by molar-refractivity contribution is 5.96. The molecular weight excluding hydrogens is 316 g/mol. The van der Waals surface area contributed by atoms with Gasteiger partial charge < -0.3 is 20.4 Å². The number of carbonyl (C=O) groups is 2. The second kappa shape index (κ2) is 7.87. The second-order valence-corrected chi connectivity index (χ2v) is 7.81. The van der Waals surface area contributed by atoms with E-state index in [0.717, 1.165) is 43.9 Å². The molecule has 138 valence electrons. The first-order chi connectivity index (χ1) is 11.7. The molecule has 0 radical (unpaired) electrons. The summed E-state index contributed by atoms with van der Waals surface area (Å²) in [6, 6.07) is 5.50. The third-order valence-electron chi connectivity index (χ3n) is 4.42. The Kier molecular flexibility index (Phi) is 6.06. The standard InChI is InChI=1S/C19H30N4O2/c1-14-7-8-15(13-16(14)21-17(24)19(2,3)4)20-18(25)23-10-6-9-22(5)11-12-23/h7-8,13H,6,9-12H2,1-5H3,(H,20,25)(H,21,24).